The molecule has 1 rings (SSSR count). The van der Waals surface area contributed by atoms with E-state index < -0.39 is 0 Å². The maximum Gasteiger partial charge on any atom is 0.130 e. The minimum atomic E-state index is -0.362. The number of rotatable bonds is 4. The van der Waals surface area contributed by atoms with Gasteiger partial charge < -0.3 is 0 Å². The van der Waals surface area contributed by atoms with Crippen molar-refractivity contribution < 1.29 is 4.39 Å². The largest absolute Gasteiger partial charge is 0.206 e. The Labute approximate surface area is 92.3 Å². The molecule has 0 unspecified atom stereocenters. The first kappa shape index (κ1) is 11.8. The minimum Gasteiger partial charge on any atom is -0.206 e. The summed E-state index contributed by atoms with van der Waals surface area (Å²) in [5.74, 6) is -0.362. The van der Waals surface area contributed by atoms with Crippen LogP contribution in [0, 0.1) is 17.1 Å². The van der Waals surface area contributed by atoms with Gasteiger partial charge in [0.15, 0.2) is 0 Å². The number of azide groups is 1. The van der Waals surface area contributed by atoms with Gasteiger partial charge >= 0.3 is 0 Å². The van der Waals surface area contributed by atoms with Gasteiger partial charge in [-0.25, -0.2) is 4.39 Å². The van der Waals surface area contributed by atoms with Gasteiger partial charge in [0, 0.05) is 17.0 Å². The smallest absolute Gasteiger partial charge is 0.130 e. The van der Waals surface area contributed by atoms with Crippen LogP contribution >= 0.6 is 0 Å². The summed E-state index contributed by atoms with van der Waals surface area (Å²) in [6, 6.07) is 6.49. The Morgan fingerprint density at radius 2 is 2.38 bits per heavy atom. The Morgan fingerprint density at radius 3 is 3.06 bits per heavy atom. The van der Waals surface area contributed by atoms with Crippen molar-refractivity contribution in [2.75, 3.05) is 6.54 Å². The topological polar surface area (TPSA) is 72.5 Å². The van der Waals surface area contributed by atoms with E-state index in [0.717, 1.165) is 5.56 Å². The predicted molar refractivity (Wildman–Crippen MR) is 58.8 cm³/mol. The highest BCUT2D eigenvalue weighted by Gasteiger charge is 1.99. The minimum absolute atomic E-state index is 0.179. The lowest BCUT2D eigenvalue weighted by Gasteiger charge is -1.99. The highest BCUT2D eigenvalue weighted by Crippen LogP contribution is 2.12. The third-order valence-electron chi connectivity index (χ3n) is 1.89. The van der Waals surface area contributed by atoms with Crippen LogP contribution in [0.3, 0.4) is 0 Å². The molecule has 5 heteroatoms. The summed E-state index contributed by atoms with van der Waals surface area (Å²) in [6.07, 6.45) is 3.34. The van der Waals surface area contributed by atoms with Crippen LogP contribution < -0.4 is 0 Å². The number of nitriles is 1. The van der Waals surface area contributed by atoms with Gasteiger partial charge in [0.1, 0.15) is 5.82 Å². The Balaban J connectivity index is 2.85. The molecule has 0 bridgehead atoms. The van der Waals surface area contributed by atoms with Crippen LogP contribution in [-0.2, 0) is 6.42 Å². The van der Waals surface area contributed by atoms with Crippen molar-refractivity contribution in [1.82, 2.24) is 0 Å². The average Bonchev–Trinajstić information content (AvgIpc) is 2.29. The summed E-state index contributed by atoms with van der Waals surface area (Å²) in [6.45, 7) is 0.179. The Kier molecular flexibility index (Phi) is 4.58. The van der Waals surface area contributed by atoms with E-state index in [4.69, 9.17) is 10.8 Å². The Morgan fingerprint density at radius 1 is 1.56 bits per heavy atom. The maximum atomic E-state index is 13.3. The van der Waals surface area contributed by atoms with E-state index in [2.05, 4.69) is 10.0 Å². The molecule has 0 amide bonds. The van der Waals surface area contributed by atoms with Gasteiger partial charge in [-0.15, -0.1) is 0 Å². The average molecular weight is 216 g/mol. The highest BCUT2D eigenvalue weighted by atomic mass is 19.1. The third-order valence-corrected chi connectivity index (χ3v) is 1.89. The fraction of sp³-hybridized carbons (Fsp3) is 0.182. The van der Waals surface area contributed by atoms with Crippen molar-refractivity contribution >= 4 is 6.08 Å². The van der Waals surface area contributed by atoms with Crippen LogP contribution in [0.25, 0.3) is 16.5 Å². The number of benzene rings is 1. The van der Waals surface area contributed by atoms with E-state index in [9.17, 15) is 4.39 Å². The first-order chi connectivity index (χ1) is 7.77. The lowest BCUT2D eigenvalue weighted by atomic mass is 10.1. The molecule has 0 aliphatic rings. The van der Waals surface area contributed by atoms with Crippen molar-refractivity contribution in [1.29, 1.82) is 5.26 Å². The predicted octanol–water partition coefficient (Wildman–Crippen LogP) is 3.22. The second-order valence-corrected chi connectivity index (χ2v) is 3.01. The molecule has 0 saturated heterocycles. The molecule has 0 spiro atoms. The van der Waals surface area contributed by atoms with Crippen molar-refractivity contribution in [3.63, 3.8) is 0 Å². The van der Waals surface area contributed by atoms with Gasteiger partial charge in [-0.1, -0.05) is 23.3 Å². The van der Waals surface area contributed by atoms with E-state index in [1.807, 2.05) is 6.07 Å². The zero-order chi connectivity index (χ0) is 11.8. The molecular formula is C11H9FN4. The molecule has 0 N–H and O–H groups in total. The Hall–Kier alpha value is -2.31. The van der Waals surface area contributed by atoms with Crippen LogP contribution in [0.15, 0.2) is 29.4 Å². The fourth-order valence-corrected chi connectivity index (χ4v) is 1.19. The molecule has 16 heavy (non-hydrogen) atoms. The maximum absolute atomic E-state index is 13.3. The molecule has 0 fully saturated rings. The molecule has 0 heterocycles. The zero-order valence-electron chi connectivity index (χ0n) is 8.47. The van der Waals surface area contributed by atoms with Crippen molar-refractivity contribution in [2.45, 2.75) is 6.42 Å². The lowest BCUT2D eigenvalue weighted by Crippen LogP contribution is -1.87. The first-order valence-electron chi connectivity index (χ1n) is 4.60. The molecule has 0 aliphatic carbocycles. The van der Waals surface area contributed by atoms with Gasteiger partial charge in [-0.3, -0.25) is 0 Å². The van der Waals surface area contributed by atoms with E-state index >= 15 is 0 Å². The van der Waals surface area contributed by atoms with Crippen molar-refractivity contribution in [3.8, 4) is 6.07 Å². The Bertz CT molecular complexity index is 481. The molecule has 0 radical (unpaired) electrons. The van der Waals surface area contributed by atoms with Crippen LogP contribution in [0.5, 0.6) is 0 Å². The summed E-state index contributed by atoms with van der Waals surface area (Å²) >= 11 is 0. The molecule has 80 valence electrons. The second-order valence-electron chi connectivity index (χ2n) is 3.01. The van der Waals surface area contributed by atoms with E-state index in [1.54, 1.807) is 18.2 Å². The van der Waals surface area contributed by atoms with Crippen molar-refractivity contribution in [3.05, 3.63) is 51.7 Å². The standard InChI is InChI=1S/C11H9FN4/c12-11-4-3-9(5-6-13)8-10(11)2-1-7-15-16-14/h1-4,8H,5,7H2. The second kappa shape index (κ2) is 6.23. The van der Waals surface area contributed by atoms with Gasteiger partial charge in [0.2, 0.25) is 0 Å². The van der Waals surface area contributed by atoms with E-state index in [-0.39, 0.29) is 18.8 Å². The van der Waals surface area contributed by atoms with Gasteiger partial charge in [-0.05, 0) is 23.2 Å². The molecule has 4 nitrogen and oxygen atoms in total. The zero-order valence-corrected chi connectivity index (χ0v) is 8.47. The third kappa shape index (κ3) is 3.45. The van der Waals surface area contributed by atoms with Crippen LogP contribution in [0.4, 0.5) is 4.39 Å². The number of hydrogen-bond donors (Lipinski definition) is 0. The summed E-state index contributed by atoms with van der Waals surface area (Å²) < 4.78 is 13.3. The molecule has 0 saturated carbocycles. The normalized spacial score (nSPS) is 9.75. The van der Waals surface area contributed by atoms with Gasteiger partial charge in [0.05, 0.1) is 12.5 Å². The molecule has 0 atom stereocenters. The molecular weight excluding hydrogens is 207 g/mol. The van der Waals surface area contributed by atoms with E-state index in [1.165, 1.54) is 12.1 Å². The fourth-order valence-electron chi connectivity index (χ4n) is 1.19. The molecule has 1 aromatic carbocycles. The monoisotopic (exact) mass is 216 g/mol. The highest BCUT2D eigenvalue weighted by molar-refractivity contribution is 5.51. The van der Waals surface area contributed by atoms with Gasteiger partial charge in [-0.2, -0.15) is 5.26 Å². The van der Waals surface area contributed by atoms with Crippen LogP contribution in [0.2, 0.25) is 0 Å². The SMILES string of the molecule is N#CCc1ccc(F)c(C=CCN=[N+]=[N-])c1. The molecule has 1 aromatic rings. The summed E-state index contributed by atoms with van der Waals surface area (Å²) in [5.41, 5.74) is 9.19. The van der Waals surface area contributed by atoms with Crippen LogP contribution in [0.1, 0.15) is 11.1 Å². The summed E-state index contributed by atoms with van der Waals surface area (Å²) in [7, 11) is 0. The number of halogens is 1. The number of nitrogens with zero attached hydrogens (tertiary/aromatic N) is 4. The molecule has 0 aliphatic heterocycles. The van der Waals surface area contributed by atoms with E-state index in [0.29, 0.717) is 5.56 Å². The van der Waals surface area contributed by atoms with Crippen molar-refractivity contribution in [2.24, 2.45) is 5.11 Å². The first-order valence-corrected chi connectivity index (χ1v) is 4.60. The van der Waals surface area contributed by atoms with Gasteiger partial charge in [0.25, 0.3) is 0 Å². The van der Waals surface area contributed by atoms with Crippen LogP contribution in [-0.4, -0.2) is 6.54 Å². The lowest BCUT2D eigenvalue weighted by molar-refractivity contribution is 0.624. The summed E-state index contributed by atoms with van der Waals surface area (Å²) in [4.78, 5) is 2.57. The molecule has 0 aromatic heterocycles. The number of hydrogen-bond acceptors (Lipinski definition) is 2. The quantitative estimate of drug-likeness (QED) is 0.432. The summed E-state index contributed by atoms with van der Waals surface area (Å²) in [5, 5.41) is 11.8.